The van der Waals surface area contributed by atoms with Crippen LogP contribution in [0.3, 0.4) is 0 Å². The Kier molecular flexibility index (Phi) is 6.19. The fraction of sp³-hybridized carbons (Fsp3) is 0.333. The molecule has 0 unspecified atom stereocenters. The molecule has 5 heteroatoms. The lowest BCUT2D eigenvalue weighted by Crippen LogP contribution is -2.26. The second-order valence-corrected chi connectivity index (χ2v) is 7.16. The van der Waals surface area contributed by atoms with Crippen LogP contribution in [0.25, 0.3) is 0 Å². The Morgan fingerprint density at radius 2 is 1.48 bits per heavy atom. The van der Waals surface area contributed by atoms with Crippen LogP contribution in [0.5, 0.6) is 5.75 Å². The lowest BCUT2D eigenvalue weighted by Gasteiger charge is -2.08. The number of rotatable bonds is 8. The van der Waals surface area contributed by atoms with E-state index >= 15 is 0 Å². The molecule has 0 fully saturated rings. The maximum atomic E-state index is 12.3. The van der Waals surface area contributed by atoms with Gasteiger partial charge in [0.15, 0.2) is 0 Å². The summed E-state index contributed by atoms with van der Waals surface area (Å²) in [5.41, 5.74) is 2.22. The van der Waals surface area contributed by atoms with Crippen LogP contribution in [0.2, 0.25) is 0 Å². The quantitative estimate of drug-likeness (QED) is 0.807. The Hall–Kier alpha value is -1.85. The van der Waals surface area contributed by atoms with E-state index in [0.29, 0.717) is 17.9 Å². The number of benzene rings is 2. The van der Waals surface area contributed by atoms with Crippen LogP contribution in [-0.2, 0) is 22.9 Å². The minimum Gasteiger partial charge on any atom is -0.497 e. The van der Waals surface area contributed by atoms with Gasteiger partial charge in [0.1, 0.15) is 5.75 Å². The number of hydrogen-bond acceptors (Lipinski definition) is 3. The summed E-state index contributed by atoms with van der Waals surface area (Å²) in [5, 5.41) is 0. The van der Waals surface area contributed by atoms with Crippen molar-refractivity contribution < 1.29 is 13.2 Å². The number of ether oxygens (including phenoxy) is 1. The highest BCUT2D eigenvalue weighted by atomic mass is 32.2. The highest BCUT2D eigenvalue weighted by Crippen LogP contribution is 2.13. The van der Waals surface area contributed by atoms with Crippen molar-refractivity contribution >= 4 is 10.0 Å². The van der Waals surface area contributed by atoms with Crippen LogP contribution in [0.15, 0.2) is 53.4 Å². The predicted octanol–water partition coefficient (Wildman–Crippen LogP) is 3.17. The van der Waals surface area contributed by atoms with Gasteiger partial charge in [-0.2, -0.15) is 0 Å². The molecule has 0 atom stereocenters. The highest BCUT2D eigenvalue weighted by molar-refractivity contribution is 7.89. The van der Waals surface area contributed by atoms with E-state index in [9.17, 15) is 8.42 Å². The first-order valence-corrected chi connectivity index (χ1v) is 9.25. The Balaban J connectivity index is 1.92. The molecule has 0 aromatic heterocycles. The van der Waals surface area contributed by atoms with E-state index in [-0.39, 0.29) is 0 Å². The zero-order valence-electron chi connectivity index (χ0n) is 13.6. The molecular weight excluding hydrogens is 310 g/mol. The van der Waals surface area contributed by atoms with Crippen molar-refractivity contribution in [1.29, 1.82) is 0 Å². The van der Waals surface area contributed by atoms with Gasteiger partial charge in [-0.15, -0.1) is 0 Å². The van der Waals surface area contributed by atoms with Crippen LogP contribution in [0.1, 0.15) is 24.5 Å². The van der Waals surface area contributed by atoms with Crippen molar-refractivity contribution in [3.63, 3.8) is 0 Å². The average molecular weight is 333 g/mol. The molecule has 23 heavy (non-hydrogen) atoms. The summed E-state index contributed by atoms with van der Waals surface area (Å²) in [6.45, 7) is 2.47. The molecule has 2 aromatic carbocycles. The van der Waals surface area contributed by atoms with Crippen molar-refractivity contribution in [1.82, 2.24) is 4.72 Å². The van der Waals surface area contributed by atoms with Crippen molar-refractivity contribution in [3.8, 4) is 5.75 Å². The maximum absolute atomic E-state index is 12.3. The smallest absolute Gasteiger partial charge is 0.240 e. The molecule has 0 heterocycles. The second kappa shape index (κ2) is 8.13. The molecule has 0 aliphatic carbocycles. The van der Waals surface area contributed by atoms with Crippen LogP contribution < -0.4 is 9.46 Å². The highest BCUT2D eigenvalue weighted by Gasteiger charge is 2.12. The van der Waals surface area contributed by atoms with Gasteiger partial charge in [0.25, 0.3) is 0 Å². The minimum absolute atomic E-state index is 0.312. The standard InChI is InChI=1S/C18H23NO3S/c1-3-4-15-7-11-18(12-8-15)23(20,21)19-14-13-16-5-9-17(22-2)10-6-16/h5-12,19H,3-4,13-14H2,1-2H3. The minimum atomic E-state index is -3.45. The summed E-state index contributed by atoms with van der Waals surface area (Å²) in [4.78, 5) is 0.312. The van der Waals surface area contributed by atoms with E-state index < -0.39 is 10.0 Å². The zero-order chi connectivity index (χ0) is 16.7. The molecule has 2 rings (SSSR count). The van der Waals surface area contributed by atoms with Crippen molar-refractivity contribution in [3.05, 3.63) is 59.7 Å². The van der Waals surface area contributed by atoms with E-state index in [4.69, 9.17) is 4.74 Å². The number of aryl methyl sites for hydroxylation is 1. The first-order chi connectivity index (χ1) is 11.0. The van der Waals surface area contributed by atoms with Gasteiger partial charge in [0.2, 0.25) is 10.0 Å². The van der Waals surface area contributed by atoms with Gasteiger partial charge in [0.05, 0.1) is 12.0 Å². The molecular formula is C18H23NO3S. The summed E-state index contributed by atoms with van der Waals surface area (Å²) in [6.07, 6.45) is 2.65. The number of hydrogen-bond donors (Lipinski definition) is 1. The van der Waals surface area contributed by atoms with Gasteiger partial charge in [0, 0.05) is 6.54 Å². The number of methoxy groups -OCH3 is 1. The Labute approximate surface area is 138 Å². The molecule has 0 bridgehead atoms. The Morgan fingerprint density at radius 3 is 2.04 bits per heavy atom. The third-order valence-electron chi connectivity index (χ3n) is 3.64. The molecule has 0 saturated heterocycles. The summed E-state index contributed by atoms with van der Waals surface area (Å²) >= 11 is 0. The van der Waals surface area contributed by atoms with E-state index in [2.05, 4.69) is 11.6 Å². The maximum Gasteiger partial charge on any atom is 0.240 e. The second-order valence-electron chi connectivity index (χ2n) is 5.39. The SMILES string of the molecule is CCCc1ccc(S(=O)(=O)NCCc2ccc(OC)cc2)cc1. The lowest BCUT2D eigenvalue weighted by atomic mass is 10.1. The molecule has 0 amide bonds. The molecule has 0 spiro atoms. The Morgan fingerprint density at radius 1 is 0.913 bits per heavy atom. The summed E-state index contributed by atoms with van der Waals surface area (Å²) in [6, 6.07) is 14.7. The summed E-state index contributed by atoms with van der Waals surface area (Å²) < 4.78 is 32.3. The van der Waals surface area contributed by atoms with Gasteiger partial charge in [-0.25, -0.2) is 13.1 Å². The van der Waals surface area contributed by atoms with Crippen LogP contribution in [0.4, 0.5) is 0 Å². The normalized spacial score (nSPS) is 11.4. The zero-order valence-corrected chi connectivity index (χ0v) is 14.4. The summed E-state index contributed by atoms with van der Waals surface area (Å²) in [5.74, 6) is 0.793. The lowest BCUT2D eigenvalue weighted by molar-refractivity contribution is 0.414. The molecule has 0 aliphatic heterocycles. The van der Waals surface area contributed by atoms with E-state index in [1.54, 1.807) is 19.2 Å². The van der Waals surface area contributed by atoms with Crippen molar-refractivity contribution in [2.75, 3.05) is 13.7 Å². The van der Waals surface area contributed by atoms with E-state index in [1.807, 2.05) is 36.4 Å². The molecule has 124 valence electrons. The van der Waals surface area contributed by atoms with E-state index in [1.165, 1.54) is 0 Å². The van der Waals surface area contributed by atoms with Crippen LogP contribution in [0, 0.1) is 0 Å². The first-order valence-electron chi connectivity index (χ1n) is 7.76. The molecule has 1 N–H and O–H groups in total. The molecule has 0 radical (unpaired) electrons. The third-order valence-corrected chi connectivity index (χ3v) is 5.11. The Bertz CT molecular complexity index is 707. The van der Waals surface area contributed by atoms with Crippen molar-refractivity contribution in [2.24, 2.45) is 0 Å². The van der Waals surface area contributed by atoms with Crippen molar-refractivity contribution in [2.45, 2.75) is 31.1 Å². The molecule has 2 aromatic rings. The van der Waals surface area contributed by atoms with Gasteiger partial charge in [-0.1, -0.05) is 37.6 Å². The number of nitrogens with one attached hydrogen (secondary N) is 1. The van der Waals surface area contributed by atoms with Gasteiger partial charge >= 0.3 is 0 Å². The van der Waals surface area contributed by atoms with Crippen LogP contribution >= 0.6 is 0 Å². The largest absolute Gasteiger partial charge is 0.497 e. The molecule has 0 saturated carbocycles. The van der Waals surface area contributed by atoms with E-state index in [0.717, 1.165) is 29.7 Å². The van der Waals surface area contributed by atoms with Gasteiger partial charge in [-0.3, -0.25) is 0 Å². The fourth-order valence-corrected chi connectivity index (χ4v) is 3.36. The third kappa shape index (κ3) is 5.08. The topological polar surface area (TPSA) is 55.4 Å². The van der Waals surface area contributed by atoms with Gasteiger partial charge in [-0.05, 0) is 48.2 Å². The van der Waals surface area contributed by atoms with Crippen LogP contribution in [-0.4, -0.2) is 22.1 Å². The summed E-state index contributed by atoms with van der Waals surface area (Å²) in [7, 11) is -1.83. The fourth-order valence-electron chi connectivity index (χ4n) is 2.33. The average Bonchev–Trinajstić information content (AvgIpc) is 2.56. The predicted molar refractivity (Wildman–Crippen MR) is 92.3 cm³/mol. The first kappa shape index (κ1) is 17.5. The molecule has 0 aliphatic rings. The molecule has 4 nitrogen and oxygen atoms in total. The monoisotopic (exact) mass is 333 g/mol. The number of sulfonamides is 1. The van der Waals surface area contributed by atoms with Gasteiger partial charge < -0.3 is 4.74 Å².